The number of amides is 1. The van der Waals surface area contributed by atoms with Crippen molar-refractivity contribution in [3.05, 3.63) is 52.5 Å². The molecule has 0 aliphatic carbocycles. The molecule has 0 unspecified atom stereocenters. The van der Waals surface area contributed by atoms with E-state index in [1.807, 2.05) is 0 Å². The van der Waals surface area contributed by atoms with Crippen molar-refractivity contribution >= 4 is 33.2 Å². The van der Waals surface area contributed by atoms with E-state index >= 15 is 0 Å². The van der Waals surface area contributed by atoms with Crippen LogP contribution in [0.2, 0.25) is 0 Å². The maximum Gasteiger partial charge on any atom is 0.262 e. The summed E-state index contributed by atoms with van der Waals surface area (Å²) in [6.07, 6.45) is 0. The highest BCUT2D eigenvalue weighted by Gasteiger charge is 2.08. The third-order valence-electron chi connectivity index (χ3n) is 2.47. The molecular weight excluding hydrogens is 346 g/mol. The fourth-order valence-electron chi connectivity index (χ4n) is 1.58. The van der Waals surface area contributed by atoms with Gasteiger partial charge in [0.1, 0.15) is 17.4 Å². The first-order valence-electron chi connectivity index (χ1n) is 5.88. The molecule has 0 spiro atoms. The van der Waals surface area contributed by atoms with Gasteiger partial charge < -0.3 is 15.8 Å². The van der Waals surface area contributed by atoms with Crippen LogP contribution in [0.4, 0.5) is 20.2 Å². The molecule has 0 aliphatic rings. The van der Waals surface area contributed by atoms with Crippen molar-refractivity contribution in [2.24, 2.45) is 0 Å². The van der Waals surface area contributed by atoms with Gasteiger partial charge in [-0.25, -0.2) is 8.78 Å². The zero-order valence-electron chi connectivity index (χ0n) is 10.7. The van der Waals surface area contributed by atoms with Crippen LogP contribution < -0.4 is 15.8 Å². The molecule has 0 bridgehead atoms. The Kier molecular flexibility index (Phi) is 4.74. The van der Waals surface area contributed by atoms with E-state index < -0.39 is 17.5 Å². The molecule has 2 rings (SSSR count). The average molecular weight is 357 g/mol. The minimum Gasteiger partial charge on any atom is -0.484 e. The minimum absolute atomic E-state index is 0.0565. The van der Waals surface area contributed by atoms with Gasteiger partial charge in [0, 0.05) is 28.4 Å². The molecule has 0 atom stereocenters. The summed E-state index contributed by atoms with van der Waals surface area (Å²) in [6, 6.07) is 7.60. The molecule has 3 N–H and O–H groups in total. The van der Waals surface area contributed by atoms with Crippen LogP contribution in [0.15, 0.2) is 40.9 Å². The predicted molar refractivity (Wildman–Crippen MR) is 79.0 cm³/mol. The van der Waals surface area contributed by atoms with E-state index in [2.05, 4.69) is 21.2 Å². The predicted octanol–water partition coefficient (Wildman–Crippen LogP) is 3.33. The van der Waals surface area contributed by atoms with Gasteiger partial charge in [0.25, 0.3) is 5.91 Å². The molecule has 0 radical (unpaired) electrons. The summed E-state index contributed by atoms with van der Waals surface area (Å²) in [5.41, 5.74) is 6.65. The summed E-state index contributed by atoms with van der Waals surface area (Å²) in [5, 5.41) is 2.58. The number of nitrogens with one attached hydrogen (secondary N) is 1. The van der Waals surface area contributed by atoms with Gasteiger partial charge in [0.15, 0.2) is 6.61 Å². The first-order chi connectivity index (χ1) is 9.94. The van der Waals surface area contributed by atoms with Crippen LogP contribution in [0.1, 0.15) is 0 Å². The number of carbonyl (C=O) groups excluding carboxylic acids is 1. The number of ether oxygens (including phenoxy) is 1. The van der Waals surface area contributed by atoms with Crippen LogP contribution in [0, 0.1) is 11.6 Å². The lowest BCUT2D eigenvalue weighted by Gasteiger charge is -2.09. The van der Waals surface area contributed by atoms with E-state index in [-0.39, 0.29) is 12.4 Å². The number of halogens is 3. The third-order valence-corrected chi connectivity index (χ3v) is 3.13. The summed E-state index contributed by atoms with van der Waals surface area (Å²) in [7, 11) is 0. The molecule has 4 nitrogen and oxygen atoms in total. The second kappa shape index (κ2) is 6.53. The van der Waals surface area contributed by atoms with E-state index in [4.69, 9.17) is 10.5 Å². The Labute approximate surface area is 128 Å². The number of anilines is 2. The number of hydrogen-bond acceptors (Lipinski definition) is 3. The van der Waals surface area contributed by atoms with Gasteiger partial charge in [-0.05, 0) is 34.1 Å². The molecule has 0 aromatic heterocycles. The van der Waals surface area contributed by atoms with E-state index in [9.17, 15) is 13.6 Å². The summed E-state index contributed by atoms with van der Waals surface area (Å²) in [6.45, 7) is -0.375. The Bertz CT molecular complexity index is 660. The summed E-state index contributed by atoms with van der Waals surface area (Å²) in [4.78, 5) is 11.7. The monoisotopic (exact) mass is 356 g/mol. The quantitative estimate of drug-likeness (QED) is 0.825. The smallest absolute Gasteiger partial charge is 0.262 e. The van der Waals surface area contributed by atoms with Gasteiger partial charge in [0.2, 0.25) is 0 Å². The average Bonchev–Trinajstić information content (AvgIpc) is 2.39. The topological polar surface area (TPSA) is 64.3 Å². The number of hydrogen-bond donors (Lipinski definition) is 2. The number of nitrogens with two attached hydrogens (primary N) is 1. The van der Waals surface area contributed by atoms with Crippen molar-refractivity contribution in [2.45, 2.75) is 0 Å². The second-order valence-electron chi connectivity index (χ2n) is 4.18. The lowest BCUT2D eigenvalue weighted by molar-refractivity contribution is -0.118. The van der Waals surface area contributed by atoms with E-state index in [1.165, 1.54) is 0 Å². The molecular formula is C14H11BrF2N2O2. The summed E-state index contributed by atoms with van der Waals surface area (Å²) >= 11 is 3.26. The van der Waals surface area contributed by atoms with Crippen molar-refractivity contribution in [1.82, 2.24) is 0 Å². The molecule has 110 valence electrons. The SMILES string of the molecule is Nc1ccc(NC(=O)COc2cc(F)cc(F)c2)c(Br)c1. The normalized spacial score (nSPS) is 10.2. The fourth-order valence-corrected chi connectivity index (χ4v) is 2.08. The van der Waals surface area contributed by atoms with Gasteiger partial charge in [-0.2, -0.15) is 0 Å². The second-order valence-corrected chi connectivity index (χ2v) is 5.04. The molecule has 0 fully saturated rings. The number of carbonyl (C=O) groups is 1. The van der Waals surface area contributed by atoms with Crippen LogP contribution >= 0.6 is 15.9 Å². The first kappa shape index (κ1) is 15.2. The van der Waals surface area contributed by atoms with Crippen molar-refractivity contribution in [2.75, 3.05) is 17.7 Å². The van der Waals surface area contributed by atoms with Crippen LogP contribution in [-0.4, -0.2) is 12.5 Å². The first-order valence-corrected chi connectivity index (χ1v) is 6.67. The van der Waals surface area contributed by atoms with Crippen molar-refractivity contribution < 1.29 is 18.3 Å². The van der Waals surface area contributed by atoms with E-state index in [1.54, 1.807) is 18.2 Å². The molecule has 0 saturated carbocycles. The van der Waals surface area contributed by atoms with E-state index in [0.29, 0.717) is 15.8 Å². The molecule has 21 heavy (non-hydrogen) atoms. The Morgan fingerprint density at radius 2 is 1.86 bits per heavy atom. The molecule has 1 amide bonds. The van der Waals surface area contributed by atoms with Crippen LogP contribution in [0.25, 0.3) is 0 Å². The lowest BCUT2D eigenvalue weighted by Crippen LogP contribution is -2.20. The molecule has 2 aromatic rings. The van der Waals surface area contributed by atoms with Crippen LogP contribution in [0.3, 0.4) is 0 Å². The number of rotatable bonds is 4. The Hall–Kier alpha value is -2.15. The van der Waals surface area contributed by atoms with Gasteiger partial charge in [0.05, 0.1) is 5.69 Å². The standard InChI is InChI=1S/C14H11BrF2N2O2/c15-12-6-10(18)1-2-13(12)19-14(20)7-21-11-4-8(16)3-9(17)5-11/h1-6H,7,18H2,(H,19,20). The number of benzene rings is 2. The van der Waals surface area contributed by atoms with Crippen LogP contribution in [-0.2, 0) is 4.79 Å². The highest BCUT2D eigenvalue weighted by molar-refractivity contribution is 9.10. The molecule has 0 heterocycles. The molecule has 2 aromatic carbocycles. The highest BCUT2D eigenvalue weighted by atomic mass is 79.9. The van der Waals surface area contributed by atoms with Crippen molar-refractivity contribution in [3.63, 3.8) is 0 Å². The summed E-state index contributed by atoms with van der Waals surface area (Å²) < 4.78 is 31.6. The Morgan fingerprint density at radius 1 is 1.19 bits per heavy atom. The lowest BCUT2D eigenvalue weighted by atomic mass is 10.3. The van der Waals surface area contributed by atoms with Gasteiger partial charge in [-0.3, -0.25) is 4.79 Å². The fraction of sp³-hybridized carbons (Fsp3) is 0.0714. The number of nitrogen functional groups attached to an aromatic ring is 1. The van der Waals surface area contributed by atoms with Crippen molar-refractivity contribution in [1.29, 1.82) is 0 Å². The zero-order valence-corrected chi connectivity index (χ0v) is 12.3. The zero-order chi connectivity index (χ0) is 15.4. The molecule has 7 heteroatoms. The maximum atomic E-state index is 13.0. The van der Waals surface area contributed by atoms with Gasteiger partial charge in [-0.15, -0.1) is 0 Å². The molecule has 0 aliphatic heterocycles. The highest BCUT2D eigenvalue weighted by Crippen LogP contribution is 2.24. The maximum absolute atomic E-state index is 13.0. The van der Waals surface area contributed by atoms with E-state index in [0.717, 1.165) is 18.2 Å². The minimum atomic E-state index is -0.772. The van der Waals surface area contributed by atoms with Gasteiger partial charge in [-0.1, -0.05) is 0 Å². The largest absolute Gasteiger partial charge is 0.484 e. The molecule has 0 saturated heterocycles. The Morgan fingerprint density at radius 3 is 2.48 bits per heavy atom. The van der Waals surface area contributed by atoms with Crippen LogP contribution in [0.5, 0.6) is 5.75 Å². The van der Waals surface area contributed by atoms with Crippen molar-refractivity contribution in [3.8, 4) is 5.75 Å². The summed E-state index contributed by atoms with van der Waals surface area (Å²) in [5.74, 6) is -2.07. The third kappa shape index (κ3) is 4.42. The Balaban J connectivity index is 1.95. The van der Waals surface area contributed by atoms with Gasteiger partial charge >= 0.3 is 0 Å².